The quantitative estimate of drug-likeness (QED) is 0.580. The molecule has 3 rings (SSSR count). The summed E-state index contributed by atoms with van der Waals surface area (Å²) in [5.41, 5.74) is 1.16. The van der Waals surface area contributed by atoms with Gasteiger partial charge in [0.25, 0.3) is 0 Å². The summed E-state index contributed by atoms with van der Waals surface area (Å²) in [4.78, 5) is 13.2. The van der Waals surface area contributed by atoms with Crippen LogP contribution in [-0.2, 0) is 17.8 Å². The molecule has 1 aromatic carbocycles. The van der Waals surface area contributed by atoms with Crippen molar-refractivity contribution >= 4 is 29.5 Å². The van der Waals surface area contributed by atoms with E-state index in [1.54, 1.807) is 18.4 Å². The second-order valence-electron chi connectivity index (χ2n) is 5.68. The van der Waals surface area contributed by atoms with Gasteiger partial charge in [0, 0.05) is 19.5 Å². The SMILES string of the molecule is COc1ccc(CCNC(=O)CCn2c(-c3cccs3)n[nH]c2=S)cc1. The van der Waals surface area contributed by atoms with E-state index in [9.17, 15) is 4.79 Å². The molecule has 2 heterocycles. The number of carbonyl (C=O) groups excluding carboxylic acids is 1. The van der Waals surface area contributed by atoms with Crippen LogP contribution in [0.1, 0.15) is 12.0 Å². The first-order chi connectivity index (χ1) is 12.7. The average Bonchev–Trinajstić information content (AvgIpc) is 3.30. The van der Waals surface area contributed by atoms with Crippen molar-refractivity contribution in [3.63, 3.8) is 0 Å². The normalized spacial score (nSPS) is 10.7. The zero-order chi connectivity index (χ0) is 18.4. The fourth-order valence-corrected chi connectivity index (χ4v) is 3.50. The Bertz CT molecular complexity index is 898. The van der Waals surface area contributed by atoms with Crippen LogP contribution in [-0.4, -0.2) is 34.3 Å². The molecule has 3 aromatic rings. The van der Waals surface area contributed by atoms with Gasteiger partial charge in [-0.25, -0.2) is 0 Å². The Morgan fingerprint density at radius 2 is 2.15 bits per heavy atom. The van der Waals surface area contributed by atoms with Gasteiger partial charge in [0.1, 0.15) is 5.75 Å². The van der Waals surface area contributed by atoms with Crippen LogP contribution in [0, 0.1) is 4.77 Å². The van der Waals surface area contributed by atoms with Gasteiger partial charge in [-0.05, 0) is 47.8 Å². The van der Waals surface area contributed by atoms with Gasteiger partial charge in [0.05, 0.1) is 12.0 Å². The minimum atomic E-state index is -0.00117. The highest BCUT2D eigenvalue weighted by atomic mass is 32.1. The molecule has 1 amide bonds. The average molecular weight is 389 g/mol. The lowest BCUT2D eigenvalue weighted by Crippen LogP contribution is -2.26. The van der Waals surface area contributed by atoms with Crippen LogP contribution < -0.4 is 10.1 Å². The maximum absolute atomic E-state index is 12.1. The lowest BCUT2D eigenvalue weighted by molar-refractivity contribution is -0.121. The van der Waals surface area contributed by atoms with Gasteiger partial charge in [-0.15, -0.1) is 11.3 Å². The van der Waals surface area contributed by atoms with Gasteiger partial charge < -0.3 is 10.1 Å². The number of H-pyrrole nitrogens is 1. The monoisotopic (exact) mass is 388 g/mol. The van der Waals surface area contributed by atoms with Crippen LogP contribution in [0.5, 0.6) is 5.75 Å². The first-order valence-electron chi connectivity index (χ1n) is 8.26. The third-order valence-corrected chi connectivity index (χ3v) is 5.13. The number of aromatic nitrogens is 3. The van der Waals surface area contributed by atoms with Crippen LogP contribution in [0.2, 0.25) is 0 Å². The Hall–Kier alpha value is -2.45. The molecule has 0 saturated heterocycles. The third kappa shape index (κ3) is 4.59. The molecule has 26 heavy (non-hydrogen) atoms. The summed E-state index contributed by atoms with van der Waals surface area (Å²) < 4.78 is 7.53. The van der Waals surface area contributed by atoms with Crippen molar-refractivity contribution in [2.24, 2.45) is 0 Å². The van der Waals surface area contributed by atoms with Gasteiger partial charge in [-0.1, -0.05) is 18.2 Å². The Labute approximate surface area is 160 Å². The predicted molar refractivity (Wildman–Crippen MR) is 105 cm³/mol. The number of hydrogen-bond donors (Lipinski definition) is 2. The number of rotatable bonds is 8. The maximum atomic E-state index is 12.1. The van der Waals surface area contributed by atoms with Crippen molar-refractivity contribution < 1.29 is 9.53 Å². The molecular weight excluding hydrogens is 368 g/mol. The molecule has 0 aliphatic heterocycles. The molecule has 0 saturated carbocycles. The van der Waals surface area contributed by atoms with E-state index in [0.717, 1.165) is 28.4 Å². The fourth-order valence-electron chi connectivity index (χ4n) is 2.56. The molecule has 0 spiro atoms. The van der Waals surface area contributed by atoms with E-state index in [2.05, 4.69) is 15.5 Å². The predicted octanol–water partition coefficient (Wildman–Crippen LogP) is 3.43. The molecule has 8 heteroatoms. The van der Waals surface area contributed by atoms with E-state index in [1.807, 2.05) is 46.3 Å². The molecule has 0 radical (unpaired) electrons. The Kier molecular flexibility index (Phi) is 6.19. The summed E-state index contributed by atoms with van der Waals surface area (Å²) in [6.45, 7) is 1.09. The molecule has 0 fully saturated rings. The van der Waals surface area contributed by atoms with Crippen molar-refractivity contribution in [1.82, 2.24) is 20.1 Å². The minimum Gasteiger partial charge on any atom is -0.497 e. The second-order valence-corrected chi connectivity index (χ2v) is 7.01. The topological polar surface area (TPSA) is 71.9 Å². The molecule has 136 valence electrons. The second kappa shape index (κ2) is 8.77. The van der Waals surface area contributed by atoms with E-state index in [-0.39, 0.29) is 5.91 Å². The van der Waals surface area contributed by atoms with E-state index in [1.165, 1.54) is 0 Å². The van der Waals surface area contributed by atoms with Gasteiger partial charge in [-0.2, -0.15) is 5.10 Å². The number of carbonyl (C=O) groups is 1. The minimum absolute atomic E-state index is 0.00117. The van der Waals surface area contributed by atoms with Crippen LogP contribution in [0.15, 0.2) is 41.8 Å². The van der Waals surface area contributed by atoms with E-state index >= 15 is 0 Å². The van der Waals surface area contributed by atoms with Crippen LogP contribution in [0.25, 0.3) is 10.7 Å². The number of amides is 1. The largest absolute Gasteiger partial charge is 0.497 e. The summed E-state index contributed by atoms with van der Waals surface area (Å²) in [5.74, 6) is 1.60. The van der Waals surface area contributed by atoms with Crippen LogP contribution in [0.3, 0.4) is 0 Å². The molecule has 2 aromatic heterocycles. The number of hydrogen-bond acceptors (Lipinski definition) is 5. The van der Waals surface area contributed by atoms with Gasteiger partial charge in [0.15, 0.2) is 10.6 Å². The highest BCUT2D eigenvalue weighted by Gasteiger charge is 2.11. The fraction of sp³-hybridized carbons (Fsp3) is 0.278. The van der Waals surface area contributed by atoms with Crippen molar-refractivity contribution in [1.29, 1.82) is 0 Å². The van der Waals surface area contributed by atoms with Crippen molar-refractivity contribution in [2.75, 3.05) is 13.7 Å². The van der Waals surface area contributed by atoms with E-state index in [0.29, 0.717) is 24.3 Å². The lowest BCUT2D eigenvalue weighted by atomic mass is 10.1. The number of methoxy groups -OCH3 is 1. The Morgan fingerprint density at radius 3 is 2.85 bits per heavy atom. The molecule has 2 N–H and O–H groups in total. The lowest BCUT2D eigenvalue weighted by Gasteiger charge is -2.08. The zero-order valence-corrected chi connectivity index (χ0v) is 16.0. The van der Waals surface area contributed by atoms with Gasteiger partial charge in [-0.3, -0.25) is 14.5 Å². The first-order valence-corrected chi connectivity index (χ1v) is 9.55. The molecule has 0 unspecified atom stereocenters. The van der Waals surface area contributed by atoms with Gasteiger partial charge in [0.2, 0.25) is 5.91 Å². The summed E-state index contributed by atoms with van der Waals surface area (Å²) in [6.07, 6.45) is 1.14. The first kappa shape index (κ1) is 18.3. The number of nitrogens with one attached hydrogen (secondary N) is 2. The zero-order valence-electron chi connectivity index (χ0n) is 14.4. The maximum Gasteiger partial charge on any atom is 0.221 e. The van der Waals surface area contributed by atoms with Crippen molar-refractivity contribution in [2.45, 2.75) is 19.4 Å². The van der Waals surface area contributed by atoms with E-state index < -0.39 is 0 Å². The molecular formula is C18H20N4O2S2. The molecule has 0 atom stereocenters. The third-order valence-electron chi connectivity index (χ3n) is 3.96. The smallest absolute Gasteiger partial charge is 0.221 e. The number of benzene rings is 1. The van der Waals surface area contributed by atoms with Crippen molar-refractivity contribution in [3.8, 4) is 16.5 Å². The Morgan fingerprint density at radius 1 is 1.35 bits per heavy atom. The molecule has 0 aliphatic carbocycles. The van der Waals surface area contributed by atoms with Gasteiger partial charge >= 0.3 is 0 Å². The number of aromatic amines is 1. The standard InChI is InChI=1S/C18H20N4O2S2/c1-24-14-6-4-13(5-7-14)8-10-19-16(23)9-11-22-17(20-21-18(22)25)15-3-2-12-26-15/h2-7,12H,8-11H2,1H3,(H,19,23)(H,21,25). The summed E-state index contributed by atoms with van der Waals surface area (Å²) in [6, 6.07) is 11.8. The number of ether oxygens (including phenoxy) is 1. The number of nitrogens with zero attached hydrogens (tertiary/aromatic N) is 2. The summed E-state index contributed by atoms with van der Waals surface area (Å²) >= 11 is 6.87. The highest BCUT2D eigenvalue weighted by molar-refractivity contribution is 7.71. The van der Waals surface area contributed by atoms with Crippen LogP contribution in [0.4, 0.5) is 0 Å². The van der Waals surface area contributed by atoms with E-state index in [4.69, 9.17) is 17.0 Å². The summed E-state index contributed by atoms with van der Waals surface area (Å²) in [5, 5.41) is 12.0. The van der Waals surface area contributed by atoms with Crippen LogP contribution >= 0.6 is 23.6 Å². The highest BCUT2D eigenvalue weighted by Crippen LogP contribution is 2.22. The van der Waals surface area contributed by atoms with Crippen molar-refractivity contribution in [3.05, 3.63) is 52.1 Å². The summed E-state index contributed by atoms with van der Waals surface area (Å²) in [7, 11) is 1.64. The Balaban J connectivity index is 1.49. The molecule has 0 bridgehead atoms. The number of thiophene rings is 1. The molecule has 6 nitrogen and oxygen atoms in total. The molecule has 0 aliphatic rings.